The van der Waals surface area contributed by atoms with Gasteiger partial charge in [-0.1, -0.05) is 0 Å². The summed E-state index contributed by atoms with van der Waals surface area (Å²) < 4.78 is 10.3. The van der Waals surface area contributed by atoms with Crippen molar-refractivity contribution in [2.75, 3.05) is 32.0 Å². The summed E-state index contributed by atoms with van der Waals surface area (Å²) in [4.78, 5) is 13.2. The third-order valence-electron chi connectivity index (χ3n) is 2.43. The van der Waals surface area contributed by atoms with Crippen LogP contribution in [0.15, 0.2) is 18.2 Å². The van der Waals surface area contributed by atoms with Gasteiger partial charge < -0.3 is 14.4 Å². The van der Waals surface area contributed by atoms with E-state index in [2.05, 4.69) is 0 Å². The van der Waals surface area contributed by atoms with Gasteiger partial charge in [-0.05, 0) is 12.1 Å². The van der Waals surface area contributed by atoms with Gasteiger partial charge in [0, 0.05) is 25.4 Å². The van der Waals surface area contributed by atoms with E-state index in [0.717, 1.165) is 0 Å². The highest BCUT2D eigenvalue weighted by atomic mass is 35.5. The summed E-state index contributed by atoms with van der Waals surface area (Å²) >= 11 is 5.55. The molecular weight excluding hydrogens is 242 g/mol. The smallest absolute Gasteiger partial charge is 0.228 e. The highest BCUT2D eigenvalue weighted by molar-refractivity contribution is 6.19. The van der Waals surface area contributed by atoms with Gasteiger partial charge in [-0.25, -0.2) is 0 Å². The number of benzene rings is 1. The fourth-order valence-corrected chi connectivity index (χ4v) is 1.61. The molecule has 0 aliphatic carbocycles. The largest absolute Gasteiger partial charge is 0.497 e. The van der Waals surface area contributed by atoms with Crippen molar-refractivity contribution in [2.45, 2.75) is 6.42 Å². The first-order valence-corrected chi connectivity index (χ1v) is 5.72. The molecule has 0 aliphatic rings. The molecule has 0 heterocycles. The van der Waals surface area contributed by atoms with Crippen molar-refractivity contribution in [3.63, 3.8) is 0 Å². The second-order valence-electron chi connectivity index (χ2n) is 3.43. The normalized spacial score (nSPS) is 9.88. The number of hydrogen-bond acceptors (Lipinski definition) is 3. The third-order valence-corrected chi connectivity index (χ3v) is 2.62. The van der Waals surface area contributed by atoms with E-state index in [1.165, 1.54) is 4.90 Å². The minimum absolute atomic E-state index is 0.0523. The molecule has 0 spiro atoms. The Morgan fingerprint density at radius 3 is 2.59 bits per heavy atom. The number of nitrogens with zero attached hydrogens (tertiary/aromatic N) is 1. The quantitative estimate of drug-likeness (QED) is 0.760. The van der Waals surface area contributed by atoms with Gasteiger partial charge in [-0.15, -0.1) is 11.6 Å². The maximum Gasteiger partial charge on any atom is 0.228 e. The molecule has 0 bridgehead atoms. The SMILES string of the molecule is COc1ccc(N(C)C(=O)CCCl)c(OC)c1. The number of carbonyl (C=O) groups is 1. The van der Waals surface area contributed by atoms with E-state index in [9.17, 15) is 4.79 Å². The van der Waals surface area contributed by atoms with Crippen molar-refractivity contribution in [3.8, 4) is 11.5 Å². The molecule has 5 heteroatoms. The number of anilines is 1. The predicted octanol–water partition coefficient (Wildman–Crippen LogP) is 2.30. The van der Waals surface area contributed by atoms with Gasteiger partial charge in [0.25, 0.3) is 0 Å². The number of halogens is 1. The van der Waals surface area contributed by atoms with E-state index in [4.69, 9.17) is 21.1 Å². The number of amides is 1. The molecule has 17 heavy (non-hydrogen) atoms. The van der Waals surface area contributed by atoms with E-state index >= 15 is 0 Å². The highest BCUT2D eigenvalue weighted by Gasteiger charge is 2.15. The molecule has 94 valence electrons. The van der Waals surface area contributed by atoms with Crippen LogP contribution in [0.2, 0.25) is 0 Å². The second kappa shape index (κ2) is 6.35. The van der Waals surface area contributed by atoms with Crippen molar-refractivity contribution in [1.29, 1.82) is 0 Å². The molecule has 1 rings (SSSR count). The van der Waals surface area contributed by atoms with Crippen LogP contribution in [0.5, 0.6) is 11.5 Å². The molecule has 0 aromatic heterocycles. The molecular formula is C12H16ClNO3. The summed E-state index contributed by atoms with van der Waals surface area (Å²) in [6, 6.07) is 5.30. The number of methoxy groups -OCH3 is 2. The standard InChI is InChI=1S/C12H16ClNO3/c1-14(12(15)6-7-13)10-5-4-9(16-2)8-11(10)17-3/h4-5,8H,6-7H2,1-3H3. The number of rotatable bonds is 5. The Kier molecular flexibility index (Phi) is 5.10. The summed E-state index contributed by atoms with van der Waals surface area (Å²) in [6.45, 7) is 0. The van der Waals surface area contributed by atoms with Crippen molar-refractivity contribution in [1.82, 2.24) is 0 Å². The first-order chi connectivity index (χ1) is 8.13. The lowest BCUT2D eigenvalue weighted by atomic mass is 10.2. The van der Waals surface area contributed by atoms with Gasteiger partial charge in [0.1, 0.15) is 11.5 Å². The van der Waals surface area contributed by atoms with Crippen LogP contribution in [-0.4, -0.2) is 33.1 Å². The molecule has 4 nitrogen and oxygen atoms in total. The minimum atomic E-state index is -0.0523. The summed E-state index contributed by atoms with van der Waals surface area (Å²) in [6.07, 6.45) is 0.299. The van der Waals surface area contributed by atoms with E-state index in [1.807, 2.05) is 0 Å². The van der Waals surface area contributed by atoms with Gasteiger partial charge in [-0.3, -0.25) is 4.79 Å². The van der Waals surface area contributed by atoms with E-state index in [-0.39, 0.29) is 5.91 Å². The van der Waals surface area contributed by atoms with Crippen LogP contribution in [-0.2, 0) is 4.79 Å². The fourth-order valence-electron chi connectivity index (χ4n) is 1.44. The first-order valence-electron chi connectivity index (χ1n) is 5.18. The van der Waals surface area contributed by atoms with Crippen LogP contribution in [0.3, 0.4) is 0 Å². The zero-order valence-electron chi connectivity index (χ0n) is 10.2. The van der Waals surface area contributed by atoms with Crippen LogP contribution in [0.25, 0.3) is 0 Å². The fraction of sp³-hybridized carbons (Fsp3) is 0.417. The predicted molar refractivity (Wildman–Crippen MR) is 68.3 cm³/mol. The highest BCUT2D eigenvalue weighted by Crippen LogP contribution is 2.31. The van der Waals surface area contributed by atoms with Crippen LogP contribution in [0.4, 0.5) is 5.69 Å². The monoisotopic (exact) mass is 257 g/mol. The van der Waals surface area contributed by atoms with Gasteiger partial charge in [0.2, 0.25) is 5.91 Å². The van der Waals surface area contributed by atoms with Crippen molar-refractivity contribution < 1.29 is 14.3 Å². The van der Waals surface area contributed by atoms with Crippen molar-refractivity contribution in [2.24, 2.45) is 0 Å². The lowest BCUT2D eigenvalue weighted by molar-refractivity contribution is -0.117. The van der Waals surface area contributed by atoms with Crippen LogP contribution in [0, 0.1) is 0 Å². The first kappa shape index (κ1) is 13.6. The number of carbonyl (C=O) groups excluding carboxylic acids is 1. The number of hydrogen-bond donors (Lipinski definition) is 0. The zero-order chi connectivity index (χ0) is 12.8. The molecule has 1 amide bonds. The Morgan fingerprint density at radius 1 is 1.35 bits per heavy atom. The zero-order valence-corrected chi connectivity index (χ0v) is 11.0. The molecule has 0 aliphatic heterocycles. The molecule has 0 saturated carbocycles. The maximum absolute atomic E-state index is 11.7. The molecule has 0 radical (unpaired) electrons. The Bertz CT molecular complexity index is 395. The van der Waals surface area contributed by atoms with Crippen LogP contribution >= 0.6 is 11.6 Å². The second-order valence-corrected chi connectivity index (χ2v) is 3.81. The molecule has 1 aromatic carbocycles. The molecule has 0 unspecified atom stereocenters. The summed E-state index contributed by atoms with van der Waals surface area (Å²) in [5, 5.41) is 0. The third kappa shape index (κ3) is 3.27. The van der Waals surface area contributed by atoms with Gasteiger partial charge in [0.15, 0.2) is 0 Å². The number of alkyl halides is 1. The summed E-state index contributed by atoms with van der Waals surface area (Å²) in [7, 11) is 4.83. The van der Waals surface area contributed by atoms with Gasteiger partial charge in [0.05, 0.1) is 19.9 Å². The van der Waals surface area contributed by atoms with Crippen LogP contribution < -0.4 is 14.4 Å². The van der Waals surface area contributed by atoms with E-state index < -0.39 is 0 Å². The average Bonchev–Trinajstić information content (AvgIpc) is 2.37. The van der Waals surface area contributed by atoms with Gasteiger partial charge >= 0.3 is 0 Å². The molecule has 0 saturated heterocycles. The molecule has 0 N–H and O–H groups in total. The van der Waals surface area contributed by atoms with Crippen LogP contribution in [0.1, 0.15) is 6.42 Å². The van der Waals surface area contributed by atoms with Crippen molar-refractivity contribution in [3.05, 3.63) is 18.2 Å². The molecule has 1 aromatic rings. The molecule has 0 atom stereocenters. The Balaban J connectivity index is 3.00. The van der Waals surface area contributed by atoms with Crippen molar-refractivity contribution >= 4 is 23.2 Å². The lowest BCUT2D eigenvalue weighted by Gasteiger charge is -2.20. The van der Waals surface area contributed by atoms with E-state index in [0.29, 0.717) is 29.5 Å². The minimum Gasteiger partial charge on any atom is -0.497 e. The lowest BCUT2D eigenvalue weighted by Crippen LogP contribution is -2.26. The maximum atomic E-state index is 11.7. The topological polar surface area (TPSA) is 38.8 Å². The van der Waals surface area contributed by atoms with Gasteiger partial charge in [-0.2, -0.15) is 0 Å². The Labute approximate surface area is 106 Å². The Hall–Kier alpha value is -1.42. The summed E-state index contributed by atoms with van der Waals surface area (Å²) in [5.74, 6) is 1.53. The average molecular weight is 258 g/mol. The summed E-state index contributed by atoms with van der Waals surface area (Å²) in [5.41, 5.74) is 0.698. The number of ether oxygens (including phenoxy) is 2. The molecule has 0 fully saturated rings. The Morgan fingerprint density at radius 2 is 2.06 bits per heavy atom. The van der Waals surface area contributed by atoms with E-state index in [1.54, 1.807) is 39.5 Å².